The molecular weight excluding hydrogens is 226 g/mol. The Kier molecular flexibility index (Phi) is 6.76. The van der Waals surface area contributed by atoms with Gasteiger partial charge in [0.05, 0.1) is 0 Å². The lowest BCUT2D eigenvalue weighted by Crippen LogP contribution is -2.21. The maximum Gasteiger partial charge on any atom is 0.120 e. The van der Waals surface area contributed by atoms with E-state index in [2.05, 4.69) is 26.1 Å². The van der Waals surface area contributed by atoms with E-state index < -0.39 is 0 Å². The molecule has 3 heteroatoms. The molecule has 1 aromatic rings. The van der Waals surface area contributed by atoms with E-state index >= 15 is 0 Å². The number of ether oxygens (including phenoxy) is 1. The molecule has 0 aromatic heterocycles. The van der Waals surface area contributed by atoms with Gasteiger partial charge in [0.15, 0.2) is 0 Å². The second-order valence-corrected chi connectivity index (χ2v) is 5.06. The summed E-state index contributed by atoms with van der Waals surface area (Å²) in [6.07, 6.45) is 0.991. The Morgan fingerprint density at radius 2 is 1.94 bits per heavy atom. The highest BCUT2D eigenvalue weighted by Crippen LogP contribution is 2.22. The minimum Gasteiger partial charge on any atom is -0.508 e. The van der Waals surface area contributed by atoms with E-state index in [0.717, 1.165) is 31.7 Å². The molecule has 0 heterocycles. The number of phenolic OH excluding ortho intramolecular Hbond substituents is 1. The minimum atomic E-state index is 0.163. The average molecular weight is 251 g/mol. The fourth-order valence-electron chi connectivity index (χ4n) is 1.78. The number of hydrogen-bond acceptors (Lipinski definition) is 3. The first-order chi connectivity index (χ1) is 8.61. The third-order valence-corrected chi connectivity index (χ3v) is 2.77. The van der Waals surface area contributed by atoms with Crippen molar-refractivity contribution in [3.8, 4) is 5.75 Å². The van der Waals surface area contributed by atoms with Crippen LogP contribution in [0.2, 0.25) is 0 Å². The van der Waals surface area contributed by atoms with Crippen molar-refractivity contribution in [2.45, 2.75) is 33.2 Å². The molecule has 1 aromatic carbocycles. The van der Waals surface area contributed by atoms with Crippen molar-refractivity contribution >= 4 is 0 Å². The van der Waals surface area contributed by atoms with Gasteiger partial charge in [-0.1, -0.05) is 32.0 Å². The monoisotopic (exact) mass is 251 g/mol. The highest BCUT2D eigenvalue weighted by Gasteiger charge is 2.08. The van der Waals surface area contributed by atoms with Crippen LogP contribution in [-0.4, -0.2) is 24.9 Å². The summed E-state index contributed by atoms with van der Waals surface area (Å²) in [6, 6.07) is 7.61. The normalized spacial score (nSPS) is 12.9. The molecule has 0 saturated carbocycles. The second kappa shape index (κ2) is 8.11. The van der Waals surface area contributed by atoms with Crippen molar-refractivity contribution in [1.82, 2.24) is 5.32 Å². The molecule has 0 saturated heterocycles. The van der Waals surface area contributed by atoms with Crippen LogP contribution < -0.4 is 5.32 Å². The molecule has 1 rings (SSSR count). The lowest BCUT2D eigenvalue weighted by Gasteiger charge is -2.15. The number of phenols is 1. The summed E-state index contributed by atoms with van der Waals surface area (Å²) in [7, 11) is 0. The number of aromatic hydroxyl groups is 1. The molecule has 0 aliphatic heterocycles. The third-order valence-electron chi connectivity index (χ3n) is 2.77. The van der Waals surface area contributed by atoms with Gasteiger partial charge >= 0.3 is 0 Å². The Hall–Kier alpha value is -1.06. The zero-order valence-corrected chi connectivity index (χ0v) is 11.6. The third kappa shape index (κ3) is 5.52. The zero-order chi connectivity index (χ0) is 13.4. The summed E-state index contributed by atoms with van der Waals surface area (Å²) in [5, 5.41) is 13.1. The van der Waals surface area contributed by atoms with E-state index in [-0.39, 0.29) is 6.04 Å². The Bertz CT molecular complexity index is 339. The van der Waals surface area contributed by atoms with Crippen LogP contribution in [0.3, 0.4) is 0 Å². The summed E-state index contributed by atoms with van der Waals surface area (Å²) in [4.78, 5) is 0. The highest BCUT2D eigenvalue weighted by molar-refractivity contribution is 5.33. The fourth-order valence-corrected chi connectivity index (χ4v) is 1.78. The largest absolute Gasteiger partial charge is 0.508 e. The molecule has 0 amide bonds. The van der Waals surface area contributed by atoms with Gasteiger partial charge < -0.3 is 15.2 Å². The first kappa shape index (κ1) is 15.0. The number of hydrogen-bond donors (Lipinski definition) is 2. The standard InChI is InChI=1S/C15H25NO2/c1-12(2)11-18-10-6-9-16-13(3)14-7-4-5-8-15(14)17/h4-5,7-8,12-13,16-17H,6,9-11H2,1-3H3. The van der Waals surface area contributed by atoms with Crippen molar-refractivity contribution in [2.24, 2.45) is 5.92 Å². The van der Waals surface area contributed by atoms with Gasteiger partial charge in [-0.05, 0) is 31.9 Å². The molecular formula is C15H25NO2. The molecule has 18 heavy (non-hydrogen) atoms. The van der Waals surface area contributed by atoms with Crippen LogP contribution in [0.25, 0.3) is 0 Å². The average Bonchev–Trinajstić information content (AvgIpc) is 2.33. The van der Waals surface area contributed by atoms with Crippen LogP contribution in [-0.2, 0) is 4.74 Å². The Morgan fingerprint density at radius 1 is 1.22 bits per heavy atom. The van der Waals surface area contributed by atoms with E-state index in [4.69, 9.17) is 4.74 Å². The van der Waals surface area contributed by atoms with Crippen LogP contribution in [0.4, 0.5) is 0 Å². The van der Waals surface area contributed by atoms with Gasteiger partial charge in [-0.2, -0.15) is 0 Å². The molecule has 0 aliphatic rings. The molecule has 0 bridgehead atoms. The molecule has 3 nitrogen and oxygen atoms in total. The van der Waals surface area contributed by atoms with Gasteiger partial charge in [0.1, 0.15) is 5.75 Å². The summed E-state index contributed by atoms with van der Waals surface area (Å²) in [5.41, 5.74) is 0.945. The molecule has 2 N–H and O–H groups in total. The van der Waals surface area contributed by atoms with Gasteiger partial charge in [0.2, 0.25) is 0 Å². The topological polar surface area (TPSA) is 41.5 Å². The quantitative estimate of drug-likeness (QED) is 0.698. The minimum absolute atomic E-state index is 0.163. The zero-order valence-electron chi connectivity index (χ0n) is 11.6. The lowest BCUT2D eigenvalue weighted by atomic mass is 10.1. The van der Waals surface area contributed by atoms with Gasteiger partial charge in [-0.3, -0.25) is 0 Å². The second-order valence-electron chi connectivity index (χ2n) is 5.06. The van der Waals surface area contributed by atoms with Crippen LogP contribution in [0.1, 0.15) is 38.8 Å². The summed E-state index contributed by atoms with van der Waals surface area (Å²) >= 11 is 0. The van der Waals surface area contributed by atoms with Crippen molar-refractivity contribution < 1.29 is 9.84 Å². The van der Waals surface area contributed by atoms with E-state index in [1.54, 1.807) is 6.07 Å². The molecule has 0 radical (unpaired) electrons. The first-order valence-electron chi connectivity index (χ1n) is 6.70. The Labute approximate surface area is 110 Å². The number of rotatable bonds is 8. The Balaban J connectivity index is 2.18. The highest BCUT2D eigenvalue weighted by atomic mass is 16.5. The van der Waals surface area contributed by atoms with Crippen LogP contribution >= 0.6 is 0 Å². The maximum atomic E-state index is 9.72. The SMILES string of the molecule is CC(C)COCCCNC(C)c1ccccc1O. The van der Waals surface area contributed by atoms with Crippen LogP contribution in [0.5, 0.6) is 5.75 Å². The van der Waals surface area contributed by atoms with E-state index in [1.165, 1.54) is 0 Å². The van der Waals surface area contributed by atoms with Gasteiger partial charge in [-0.15, -0.1) is 0 Å². The summed E-state index contributed by atoms with van der Waals surface area (Å²) in [5.74, 6) is 0.951. The predicted molar refractivity (Wildman–Crippen MR) is 74.8 cm³/mol. The number of para-hydroxylation sites is 1. The van der Waals surface area contributed by atoms with E-state index in [9.17, 15) is 5.11 Å². The van der Waals surface area contributed by atoms with Gasteiger partial charge in [-0.25, -0.2) is 0 Å². The molecule has 1 atom stereocenters. The predicted octanol–water partition coefficient (Wildman–Crippen LogP) is 3.11. The van der Waals surface area contributed by atoms with Crippen molar-refractivity contribution in [1.29, 1.82) is 0 Å². The van der Waals surface area contributed by atoms with Gasteiger partial charge in [0.25, 0.3) is 0 Å². The smallest absolute Gasteiger partial charge is 0.120 e. The van der Waals surface area contributed by atoms with Crippen molar-refractivity contribution in [3.05, 3.63) is 29.8 Å². The molecule has 102 valence electrons. The van der Waals surface area contributed by atoms with E-state index in [1.807, 2.05) is 18.2 Å². The van der Waals surface area contributed by atoms with Crippen LogP contribution in [0, 0.1) is 5.92 Å². The fraction of sp³-hybridized carbons (Fsp3) is 0.600. The molecule has 1 unspecified atom stereocenters. The molecule has 0 fully saturated rings. The Morgan fingerprint density at radius 3 is 2.61 bits per heavy atom. The number of benzene rings is 1. The summed E-state index contributed by atoms with van der Waals surface area (Å²) in [6.45, 7) is 8.88. The summed E-state index contributed by atoms with van der Waals surface area (Å²) < 4.78 is 5.52. The first-order valence-corrected chi connectivity index (χ1v) is 6.70. The van der Waals surface area contributed by atoms with Crippen molar-refractivity contribution in [3.63, 3.8) is 0 Å². The lowest BCUT2D eigenvalue weighted by molar-refractivity contribution is 0.107. The van der Waals surface area contributed by atoms with E-state index in [0.29, 0.717) is 11.7 Å². The number of nitrogens with one attached hydrogen (secondary N) is 1. The molecule has 0 spiro atoms. The van der Waals surface area contributed by atoms with Crippen molar-refractivity contribution in [2.75, 3.05) is 19.8 Å². The molecule has 0 aliphatic carbocycles. The van der Waals surface area contributed by atoms with Crippen LogP contribution in [0.15, 0.2) is 24.3 Å². The maximum absolute atomic E-state index is 9.72. The van der Waals surface area contributed by atoms with Gasteiger partial charge in [0, 0.05) is 24.8 Å².